The summed E-state index contributed by atoms with van der Waals surface area (Å²) in [6.45, 7) is 9.86. The van der Waals surface area contributed by atoms with Crippen LogP contribution in [0.25, 0.3) is 0 Å². The van der Waals surface area contributed by atoms with Crippen molar-refractivity contribution in [3.63, 3.8) is 0 Å². The van der Waals surface area contributed by atoms with Gasteiger partial charge in [0.25, 0.3) is 0 Å². The van der Waals surface area contributed by atoms with Crippen LogP contribution in [0.3, 0.4) is 0 Å². The van der Waals surface area contributed by atoms with Gasteiger partial charge in [0.2, 0.25) is 0 Å². The van der Waals surface area contributed by atoms with E-state index in [4.69, 9.17) is 28.0 Å². The first-order valence-electron chi connectivity index (χ1n) is 9.89. The summed E-state index contributed by atoms with van der Waals surface area (Å²) in [5.74, 6) is 0.0333. The Labute approximate surface area is 169 Å². The molecule has 0 unspecified atom stereocenters. The Morgan fingerprint density at radius 1 is 1.25 bits per heavy atom. The molecule has 1 spiro atoms. The molecule has 164 valence electrons. The molecule has 0 radical (unpaired) electrons. The predicted octanol–water partition coefficient (Wildman–Crippen LogP) is 3.81. The van der Waals surface area contributed by atoms with Gasteiger partial charge in [-0.15, -0.1) is 0 Å². The Morgan fingerprint density at radius 3 is 2.39 bits per heavy atom. The summed E-state index contributed by atoms with van der Waals surface area (Å²) >= 11 is 0. The van der Waals surface area contributed by atoms with E-state index in [0.717, 1.165) is 19.4 Å². The van der Waals surface area contributed by atoms with E-state index in [1.165, 1.54) is 19.8 Å². The second kappa shape index (κ2) is 9.69. The molecule has 0 aromatic heterocycles. The second-order valence-electron chi connectivity index (χ2n) is 8.37. The first-order chi connectivity index (χ1) is 13.1. The minimum atomic E-state index is -3.08. The molecule has 8 heteroatoms. The molecule has 2 aliphatic rings. The van der Waals surface area contributed by atoms with Crippen molar-refractivity contribution in [3.8, 4) is 0 Å². The zero-order valence-corrected chi connectivity index (χ0v) is 19.3. The van der Waals surface area contributed by atoms with Gasteiger partial charge in [-0.3, -0.25) is 4.57 Å². The number of methoxy groups -OCH3 is 1. The molecule has 0 aromatic rings. The minimum Gasteiger partial charge on any atom is -0.378 e. The number of epoxide rings is 1. The molecule has 2 fully saturated rings. The molecule has 1 aliphatic carbocycles. The lowest BCUT2D eigenvalue weighted by Gasteiger charge is -2.48. The van der Waals surface area contributed by atoms with E-state index in [1.807, 2.05) is 0 Å². The largest absolute Gasteiger partial charge is 0.378 e. The van der Waals surface area contributed by atoms with Crippen LogP contribution in [0.15, 0.2) is 11.6 Å². The third kappa shape index (κ3) is 5.66. The van der Waals surface area contributed by atoms with E-state index in [-0.39, 0.29) is 36.5 Å². The summed E-state index contributed by atoms with van der Waals surface area (Å²) in [6, 6.07) is 0. The van der Waals surface area contributed by atoms with Gasteiger partial charge in [-0.05, 0) is 40.5 Å². The highest BCUT2D eigenvalue weighted by atomic mass is 31.2. The van der Waals surface area contributed by atoms with Crippen LogP contribution in [0, 0.1) is 5.92 Å². The summed E-state index contributed by atoms with van der Waals surface area (Å²) in [5, 5.41) is 0. The maximum absolute atomic E-state index is 12.3. The number of hydrogen-bond acceptors (Lipinski definition) is 7. The van der Waals surface area contributed by atoms with Gasteiger partial charge in [0.1, 0.15) is 0 Å². The van der Waals surface area contributed by atoms with Crippen molar-refractivity contribution >= 4 is 7.60 Å². The fourth-order valence-electron chi connectivity index (χ4n) is 4.22. The van der Waals surface area contributed by atoms with Gasteiger partial charge in [0.15, 0.2) is 0 Å². The molecule has 7 nitrogen and oxygen atoms in total. The van der Waals surface area contributed by atoms with Crippen LogP contribution >= 0.6 is 7.60 Å². The lowest BCUT2D eigenvalue weighted by Crippen LogP contribution is -2.58. The van der Waals surface area contributed by atoms with Crippen LogP contribution < -0.4 is 0 Å². The minimum absolute atomic E-state index is 0.0333. The molecular formula is C20H37O7P. The van der Waals surface area contributed by atoms with E-state index < -0.39 is 13.2 Å². The van der Waals surface area contributed by atoms with Gasteiger partial charge in [-0.25, -0.2) is 0 Å². The van der Waals surface area contributed by atoms with Crippen LogP contribution in [0.2, 0.25) is 0 Å². The Balaban J connectivity index is 2.08. The quantitative estimate of drug-likeness (QED) is 0.286. The molecule has 28 heavy (non-hydrogen) atoms. The Morgan fingerprint density at radius 2 is 1.89 bits per heavy atom. The van der Waals surface area contributed by atoms with Crippen LogP contribution in [-0.4, -0.2) is 70.7 Å². The predicted molar refractivity (Wildman–Crippen MR) is 108 cm³/mol. The highest BCUT2D eigenvalue weighted by Gasteiger charge is 2.63. The average molecular weight is 420 g/mol. The smallest absolute Gasteiger partial charge is 0.332 e. The Bertz CT molecular complexity index is 573. The van der Waals surface area contributed by atoms with Crippen molar-refractivity contribution in [2.45, 2.75) is 63.9 Å². The highest BCUT2D eigenvalue weighted by molar-refractivity contribution is 7.53. The summed E-state index contributed by atoms with van der Waals surface area (Å²) < 4.78 is 46.4. The van der Waals surface area contributed by atoms with Crippen LogP contribution in [-0.2, 0) is 32.6 Å². The topological polar surface area (TPSA) is 75.8 Å². The van der Waals surface area contributed by atoms with Crippen LogP contribution in [0.4, 0.5) is 0 Å². The molecule has 1 aliphatic heterocycles. The molecule has 4 atom stereocenters. The molecule has 2 rings (SSSR count). The van der Waals surface area contributed by atoms with Crippen molar-refractivity contribution in [2.75, 3.05) is 47.3 Å². The van der Waals surface area contributed by atoms with Crippen LogP contribution in [0.1, 0.15) is 40.5 Å². The SMILES string of the molecule is CO[C@H]1[C@H](C(C)(C)OCC=C(C)C)[C@]2(CC[C@H]1OCCP(=O)(OC)OC)CO2. The van der Waals surface area contributed by atoms with E-state index in [1.54, 1.807) is 7.11 Å². The maximum Gasteiger partial charge on any atom is 0.332 e. The van der Waals surface area contributed by atoms with E-state index >= 15 is 0 Å². The first kappa shape index (κ1) is 24.0. The molecule has 1 heterocycles. The zero-order chi connectivity index (χ0) is 21.0. The van der Waals surface area contributed by atoms with Crippen molar-refractivity contribution in [1.82, 2.24) is 0 Å². The monoisotopic (exact) mass is 420 g/mol. The van der Waals surface area contributed by atoms with Crippen LogP contribution in [0.5, 0.6) is 0 Å². The number of hydrogen-bond donors (Lipinski definition) is 0. The summed E-state index contributed by atoms with van der Waals surface area (Å²) in [4.78, 5) is 0. The summed E-state index contributed by atoms with van der Waals surface area (Å²) in [7, 11) is 1.40. The molecule has 0 aromatic carbocycles. The highest BCUT2D eigenvalue weighted by Crippen LogP contribution is 2.53. The van der Waals surface area contributed by atoms with Gasteiger partial charge in [0.05, 0.1) is 49.4 Å². The fourth-order valence-corrected chi connectivity index (χ4v) is 5.06. The summed E-state index contributed by atoms with van der Waals surface area (Å²) in [6.07, 6.45) is 3.70. The Kier molecular flexibility index (Phi) is 8.31. The first-order valence-corrected chi connectivity index (χ1v) is 11.6. The van der Waals surface area contributed by atoms with Gasteiger partial charge >= 0.3 is 7.60 Å². The average Bonchev–Trinajstić information content (AvgIpc) is 3.41. The molecule has 1 saturated heterocycles. The van der Waals surface area contributed by atoms with Crippen molar-refractivity contribution in [3.05, 3.63) is 11.6 Å². The van der Waals surface area contributed by atoms with Gasteiger partial charge in [0, 0.05) is 27.2 Å². The van der Waals surface area contributed by atoms with Gasteiger partial charge in [-0.1, -0.05) is 11.6 Å². The van der Waals surface area contributed by atoms with E-state index in [2.05, 4.69) is 33.8 Å². The summed E-state index contributed by atoms with van der Waals surface area (Å²) in [5.41, 5.74) is 0.574. The van der Waals surface area contributed by atoms with E-state index in [0.29, 0.717) is 6.61 Å². The molecule has 0 N–H and O–H groups in total. The van der Waals surface area contributed by atoms with Crippen molar-refractivity contribution < 1.29 is 32.6 Å². The molecule has 0 amide bonds. The third-order valence-corrected chi connectivity index (χ3v) is 7.69. The maximum atomic E-state index is 12.3. The molecular weight excluding hydrogens is 383 g/mol. The normalized spacial score (nSPS) is 30.5. The number of ether oxygens (including phenoxy) is 4. The van der Waals surface area contributed by atoms with E-state index in [9.17, 15) is 4.57 Å². The van der Waals surface area contributed by atoms with Gasteiger partial charge < -0.3 is 28.0 Å². The lowest BCUT2D eigenvalue weighted by atomic mass is 9.68. The third-order valence-electron chi connectivity index (χ3n) is 5.85. The Hall–Kier alpha value is -0.270. The standard InChI is InChI=1S/C20H37O7P/c1-15(2)9-11-26-19(3,4)18-17(22-5)16(8-10-20(18)14-27-20)25-12-13-28(21,23-6)24-7/h9,16-18H,8,10-14H2,1-7H3/t16-,17-,18-,20+/m1/s1. The zero-order valence-electron chi connectivity index (χ0n) is 18.4. The van der Waals surface area contributed by atoms with Crippen molar-refractivity contribution in [2.24, 2.45) is 5.92 Å². The number of rotatable bonds is 11. The fraction of sp³-hybridized carbons (Fsp3) is 0.900. The molecule has 1 saturated carbocycles. The molecule has 0 bridgehead atoms. The van der Waals surface area contributed by atoms with Crippen molar-refractivity contribution in [1.29, 1.82) is 0 Å². The lowest BCUT2D eigenvalue weighted by molar-refractivity contribution is -0.182. The number of allylic oxidation sites excluding steroid dienone is 1. The second-order valence-corrected chi connectivity index (χ2v) is 10.8. The van der Waals surface area contributed by atoms with Gasteiger partial charge in [-0.2, -0.15) is 0 Å².